The second-order valence-corrected chi connectivity index (χ2v) is 4.28. The molecule has 5 nitrogen and oxygen atoms in total. The molecular formula is C14H16F2N2O3. The number of carbonyl (C=O) groups is 2. The first-order valence-corrected chi connectivity index (χ1v) is 6.29. The minimum Gasteiger partial charge on any atom is -0.478 e. The van der Waals surface area contributed by atoms with E-state index in [9.17, 15) is 18.4 Å². The van der Waals surface area contributed by atoms with E-state index in [-0.39, 0.29) is 12.2 Å². The highest BCUT2D eigenvalue weighted by Gasteiger charge is 2.18. The van der Waals surface area contributed by atoms with Crippen molar-refractivity contribution in [2.75, 3.05) is 18.4 Å². The Morgan fingerprint density at radius 1 is 1.38 bits per heavy atom. The Hall–Kier alpha value is -2.44. The molecule has 1 rings (SSSR count). The van der Waals surface area contributed by atoms with Crippen molar-refractivity contribution in [1.29, 1.82) is 0 Å². The first-order chi connectivity index (χ1) is 9.90. The number of hydrogen-bond donors (Lipinski definition) is 2. The summed E-state index contributed by atoms with van der Waals surface area (Å²) >= 11 is 0. The van der Waals surface area contributed by atoms with Gasteiger partial charge in [-0.05, 0) is 12.5 Å². The summed E-state index contributed by atoms with van der Waals surface area (Å²) in [6.45, 7) is 6.06. The maximum Gasteiger partial charge on any atom is 0.338 e. The fourth-order valence-electron chi connectivity index (χ4n) is 1.70. The highest BCUT2D eigenvalue weighted by Crippen LogP contribution is 2.20. The van der Waals surface area contributed by atoms with E-state index in [1.807, 2.05) is 6.92 Å². The number of aromatic carboxylic acids is 1. The molecule has 2 amide bonds. The number of benzene rings is 1. The van der Waals surface area contributed by atoms with E-state index in [0.717, 1.165) is 6.07 Å². The van der Waals surface area contributed by atoms with Crippen LogP contribution in [-0.4, -0.2) is 35.1 Å². The molecule has 0 bridgehead atoms. The maximum atomic E-state index is 13.6. The van der Waals surface area contributed by atoms with Crippen molar-refractivity contribution >= 4 is 17.7 Å². The van der Waals surface area contributed by atoms with Gasteiger partial charge in [-0.25, -0.2) is 18.4 Å². The number of halogens is 2. The normalized spacial score (nSPS) is 10.0. The lowest BCUT2D eigenvalue weighted by Gasteiger charge is -2.21. The van der Waals surface area contributed by atoms with Crippen molar-refractivity contribution in [3.8, 4) is 0 Å². The lowest BCUT2D eigenvalue weighted by Crippen LogP contribution is -2.36. The zero-order valence-electron chi connectivity index (χ0n) is 11.5. The zero-order chi connectivity index (χ0) is 16.0. The fourth-order valence-corrected chi connectivity index (χ4v) is 1.70. The van der Waals surface area contributed by atoms with Crippen molar-refractivity contribution in [3.05, 3.63) is 42.0 Å². The molecule has 0 atom stereocenters. The highest BCUT2D eigenvalue weighted by atomic mass is 19.1. The van der Waals surface area contributed by atoms with Gasteiger partial charge in [-0.1, -0.05) is 13.0 Å². The molecule has 0 saturated carbocycles. The molecule has 1 aromatic carbocycles. The van der Waals surface area contributed by atoms with Gasteiger partial charge in [-0.2, -0.15) is 0 Å². The minimum absolute atomic E-state index is 0.258. The van der Waals surface area contributed by atoms with Gasteiger partial charge in [0.15, 0.2) is 0 Å². The van der Waals surface area contributed by atoms with Crippen LogP contribution in [0.3, 0.4) is 0 Å². The van der Waals surface area contributed by atoms with E-state index in [1.165, 1.54) is 11.0 Å². The third kappa shape index (κ3) is 4.27. The molecule has 0 aliphatic carbocycles. The largest absolute Gasteiger partial charge is 0.478 e. The Morgan fingerprint density at radius 3 is 2.57 bits per heavy atom. The van der Waals surface area contributed by atoms with Crippen molar-refractivity contribution in [3.63, 3.8) is 0 Å². The van der Waals surface area contributed by atoms with Crippen LogP contribution < -0.4 is 5.32 Å². The van der Waals surface area contributed by atoms with E-state index in [1.54, 1.807) is 0 Å². The van der Waals surface area contributed by atoms with Gasteiger partial charge < -0.3 is 15.3 Å². The molecular weight excluding hydrogens is 282 g/mol. The Bertz CT molecular complexity index is 561. The van der Waals surface area contributed by atoms with Crippen LogP contribution in [0.15, 0.2) is 24.8 Å². The number of carbonyl (C=O) groups excluding carboxylic acids is 1. The van der Waals surface area contributed by atoms with Gasteiger partial charge >= 0.3 is 12.0 Å². The van der Waals surface area contributed by atoms with E-state index < -0.39 is 29.2 Å². The maximum absolute atomic E-state index is 13.6. The monoisotopic (exact) mass is 298 g/mol. The van der Waals surface area contributed by atoms with Crippen LogP contribution in [0.2, 0.25) is 0 Å². The minimum atomic E-state index is -1.54. The van der Waals surface area contributed by atoms with Crippen LogP contribution in [0.1, 0.15) is 23.7 Å². The highest BCUT2D eigenvalue weighted by molar-refractivity contribution is 5.93. The number of hydrogen-bond acceptors (Lipinski definition) is 2. The number of rotatable bonds is 6. The van der Waals surface area contributed by atoms with Gasteiger partial charge in [0.1, 0.15) is 11.6 Å². The smallest absolute Gasteiger partial charge is 0.338 e. The molecule has 7 heteroatoms. The van der Waals surface area contributed by atoms with E-state index in [0.29, 0.717) is 19.0 Å². The van der Waals surface area contributed by atoms with Crippen LogP contribution in [-0.2, 0) is 0 Å². The van der Waals surface area contributed by atoms with Crippen LogP contribution in [0, 0.1) is 11.6 Å². The molecule has 0 unspecified atom stereocenters. The molecule has 0 aliphatic heterocycles. The number of urea groups is 1. The summed E-state index contributed by atoms with van der Waals surface area (Å²) in [4.78, 5) is 24.2. The molecule has 0 heterocycles. The Kier molecular flexibility index (Phi) is 5.83. The molecule has 2 N–H and O–H groups in total. The molecule has 0 aromatic heterocycles. The average Bonchev–Trinajstić information content (AvgIpc) is 2.41. The summed E-state index contributed by atoms with van der Waals surface area (Å²) in [5.41, 5.74) is -1.10. The summed E-state index contributed by atoms with van der Waals surface area (Å²) < 4.78 is 26.9. The third-order valence-corrected chi connectivity index (χ3v) is 2.66. The van der Waals surface area contributed by atoms with Crippen LogP contribution >= 0.6 is 0 Å². The number of carboxylic acids is 1. The topological polar surface area (TPSA) is 69.6 Å². The van der Waals surface area contributed by atoms with Gasteiger partial charge in [0.25, 0.3) is 0 Å². The van der Waals surface area contributed by atoms with E-state index >= 15 is 0 Å². The third-order valence-electron chi connectivity index (χ3n) is 2.66. The Morgan fingerprint density at radius 2 is 2.05 bits per heavy atom. The molecule has 1 aromatic rings. The van der Waals surface area contributed by atoms with Crippen molar-refractivity contribution in [2.24, 2.45) is 0 Å². The standard InChI is InChI=1S/C14H16F2N2O3/c1-3-5-18(6-4-2)14(21)17-12-7-9(13(19)20)10(15)8-11(12)16/h3,7-8H,1,4-6H2,2H3,(H,17,21)(H,19,20). The Labute approximate surface area is 120 Å². The van der Waals surface area contributed by atoms with Gasteiger partial charge in [-0.15, -0.1) is 6.58 Å². The van der Waals surface area contributed by atoms with E-state index in [2.05, 4.69) is 11.9 Å². The fraction of sp³-hybridized carbons (Fsp3) is 0.286. The van der Waals surface area contributed by atoms with Crippen molar-refractivity contribution in [1.82, 2.24) is 4.90 Å². The predicted molar refractivity (Wildman–Crippen MR) is 74.4 cm³/mol. The van der Waals surface area contributed by atoms with Crippen LogP contribution in [0.5, 0.6) is 0 Å². The first kappa shape index (κ1) is 16.6. The summed E-state index contributed by atoms with van der Waals surface area (Å²) in [6, 6.07) is 0.568. The van der Waals surface area contributed by atoms with Gasteiger partial charge in [0.05, 0.1) is 11.3 Å². The summed E-state index contributed by atoms with van der Waals surface area (Å²) in [5, 5.41) is 11.0. The summed E-state index contributed by atoms with van der Waals surface area (Å²) in [7, 11) is 0. The molecule has 0 radical (unpaired) electrons. The molecule has 0 fully saturated rings. The number of carboxylic acid groups (broad SMARTS) is 1. The van der Waals surface area contributed by atoms with Crippen LogP contribution in [0.25, 0.3) is 0 Å². The number of amides is 2. The number of nitrogens with zero attached hydrogens (tertiary/aromatic N) is 1. The lowest BCUT2D eigenvalue weighted by atomic mass is 10.2. The predicted octanol–water partition coefficient (Wildman–Crippen LogP) is 3.09. The zero-order valence-corrected chi connectivity index (χ0v) is 11.5. The van der Waals surface area contributed by atoms with Crippen molar-refractivity contribution in [2.45, 2.75) is 13.3 Å². The van der Waals surface area contributed by atoms with Gasteiger partial charge in [0.2, 0.25) is 0 Å². The SMILES string of the molecule is C=CCN(CCC)C(=O)Nc1cc(C(=O)O)c(F)cc1F. The second-order valence-electron chi connectivity index (χ2n) is 4.28. The summed E-state index contributed by atoms with van der Waals surface area (Å²) in [6.07, 6.45) is 2.20. The molecule has 0 aliphatic rings. The van der Waals surface area contributed by atoms with Crippen molar-refractivity contribution < 1.29 is 23.5 Å². The summed E-state index contributed by atoms with van der Waals surface area (Å²) in [5.74, 6) is -3.78. The number of anilines is 1. The van der Waals surface area contributed by atoms with Gasteiger partial charge in [0, 0.05) is 19.2 Å². The molecule has 0 saturated heterocycles. The van der Waals surface area contributed by atoms with Gasteiger partial charge in [-0.3, -0.25) is 0 Å². The number of nitrogens with one attached hydrogen (secondary N) is 1. The van der Waals surface area contributed by atoms with Crippen LogP contribution in [0.4, 0.5) is 19.3 Å². The molecule has 114 valence electrons. The lowest BCUT2D eigenvalue weighted by molar-refractivity contribution is 0.0691. The molecule has 0 spiro atoms. The van der Waals surface area contributed by atoms with E-state index in [4.69, 9.17) is 5.11 Å². The first-order valence-electron chi connectivity index (χ1n) is 6.29. The molecule has 21 heavy (non-hydrogen) atoms. The average molecular weight is 298 g/mol. The second kappa shape index (κ2) is 7.37. The Balaban J connectivity index is 3.00. The quantitative estimate of drug-likeness (QED) is 0.793.